The van der Waals surface area contributed by atoms with Crippen molar-refractivity contribution in [2.75, 3.05) is 7.11 Å². The van der Waals surface area contributed by atoms with Crippen LogP contribution in [0.3, 0.4) is 0 Å². The van der Waals surface area contributed by atoms with E-state index in [-0.39, 0.29) is 12.3 Å². The zero-order valence-corrected chi connectivity index (χ0v) is 11.8. The first kappa shape index (κ1) is 14.1. The van der Waals surface area contributed by atoms with Crippen LogP contribution in [-0.2, 0) is 11.8 Å². The van der Waals surface area contributed by atoms with Crippen LogP contribution < -0.4 is 4.74 Å². The number of rotatable bonds is 5. The molecule has 1 N–H and O–H groups in total. The van der Waals surface area contributed by atoms with Gasteiger partial charge in [0.2, 0.25) is 0 Å². The van der Waals surface area contributed by atoms with Crippen molar-refractivity contribution in [3.8, 4) is 16.9 Å². The van der Waals surface area contributed by atoms with Gasteiger partial charge in [0.05, 0.1) is 19.7 Å². The lowest BCUT2D eigenvalue weighted by molar-refractivity contribution is -0.137. The summed E-state index contributed by atoms with van der Waals surface area (Å²) in [5.41, 5.74) is 2.86. The number of hydrogen-bond acceptors (Lipinski definition) is 3. The Bertz CT molecular complexity index is 619. The summed E-state index contributed by atoms with van der Waals surface area (Å²) >= 11 is 0. The number of aliphatic carboxylic acids is 1. The molecule has 2 aromatic rings. The molecule has 1 aromatic carbocycles. The highest BCUT2D eigenvalue weighted by atomic mass is 16.5. The van der Waals surface area contributed by atoms with Crippen LogP contribution in [0.15, 0.2) is 30.6 Å². The predicted molar refractivity (Wildman–Crippen MR) is 75.9 cm³/mol. The van der Waals surface area contributed by atoms with Gasteiger partial charge in [0.25, 0.3) is 0 Å². The van der Waals surface area contributed by atoms with Crippen molar-refractivity contribution in [2.45, 2.75) is 19.3 Å². The first-order chi connectivity index (χ1) is 9.51. The molecule has 5 heteroatoms. The highest BCUT2D eigenvalue weighted by Gasteiger charge is 2.14. The summed E-state index contributed by atoms with van der Waals surface area (Å²) in [5.74, 6) is -0.0886. The van der Waals surface area contributed by atoms with E-state index in [2.05, 4.69) is 5.10 Å². The van der Waals surface area contributed by atoms with Crippen LogP contribution in [0.2, 0.25) is 0 Å². The van der Waals surface area contributed by atoms with Gasteiger partial charge in [-0.05, 0) is 23.6 Å². The van der Waals surface area contributed by atoms with Crippen molar-refractivity contribution < 1.29 is 14.6 Å². The Morgan fingerprint density at radius 1 is 1.50 bits per heavy atom. The quantitative estimate of drug-likeness (QED) is 0.910. The van der Waals surface area contributed by atoms with Crippen molar-refractivity contribution in [3.05, 3.63) is 36.2 Å². The van der Waals surface area contributed by atoms with Crippen LogP contribution in [0.5, 0.6) is 5.75 Å². The molecule has 106 valence electrons. The average Bonchev–Trinajstić information content (AvgIpc) is 2.83. The van der Waals surface area contributed by atoms with E-state index in [9.17, 15) is 4.79 Å². The smallest absolute Gasteiger partial charge is 0.303 e. The molecular weight excluding hydrogens is 256 g/mol. The predicted octanol–water partition coefficient (Wildman–Crippen LogP) is 2.67. The van der Waals surface area contributed by atoms with E-state index >= 15 is 0 Å². The molecule has 0 aliphatic heterocycles. The van der Waals surface area contributed by atoms with E-state index in [4.69, 9.17) is 9.84 Å². The second-order valence-electron chi connectivity index (χ2n) is 4.86. The third kappa shape index (κ3) is 2.99. The molecule has 5 nitrogen and oxygen atoms in total. The number of nitrogens with zero attached hydrogens (tertiary/aromatic N) is 2. The van der Waals surface area contributed by atoms with Gasteiger partial charge in [-0.1, -0.05) is 13.0 Å². The van der Waals surface area contributed by atoms with E-state index in [1.165, 1.54) is 0 Å². The number of ether oxygens (including phenoxy) is 1. The Hall–Kier alpha value is -2.30. The fourth-order valence-corrected chi connectivity index (χ4v) is 2.20. The van der Waals surface area contributed by atoms with Gasteiger partial charge in [-0.15, -0.1) is 0 Å². The SMILES string of the molecule is COc1ccc(C(C)CC(=O)O)cc1-c1cnn(C)c1. The Balaban J connectivity index is 2.41. The fraction of sp³-hybridized carbons (Fsp3) is 0.333. The highest BCUT2D eigenvalue weighted by Crippen LogP contribution is 2.33. The van der Waals surface area contributed by atoms with Crippen LogP contribution >= 0.6 is 0 Å². The third-order valence-corrected chi connectivity index (χ3v) is 3.29. The molecule has 0 aliphatic rings. The summed E-state index contributed by atoms with van der Waals surface area (Å²) in [6.07, 6.45) is 3.78. The lowest BCUT2D eigenvalue weighted by Crippen LogP contribution is -2.03. The summed E-state index contributed by atoms with van der Waals surface area (Å²) < 4.78 is 7.10. The van der Waals surface area contributed by atoms with Crippen LogP contribution in [0.25, 0.3) is 11.1 Å². The minimum absolute atomic E-state index is 0.0474. The monoisotopic (exact) mass is 274 g/mol. The summed E-state index contributed by atoms with van der Waals surface area (Å²) in [5, 5.41) is 13.1. The summed E-state index contributed by atoms with van der Waals surface area (Å²) in [6, 6.07) is 5.76. The van der Waals surface area contributed by atoms with Crippen LogP contribution in [0, 0.1) is 0 Å². The minimum atomic E-state index is -0.795. The van der Waals surface area contributed by atoms with Gasteiger partial charge in [0, 0.05) is 24.4 Å². The molecule has 0 amide bonds. The molecule has 1 unspecified atom stereocenters. The number of carboxylic acids is 1. The molecule has 0 radical (unpaired) electrons. The minimum Gasteiger partial charge on any atom is -0.496 e. The summed E-state index contributed by atoms with van der Waals surface area (Å²) in [7, 11) is 3.47. The topological polar surface area (TPSA) is 64.3 Å². The molecule has 0 aliphatic carbocycles. The van der Waals surface area contributed by atoms with E-state index < -0.39 is 5.97 Å². The Labute approximate surface area is 117 Å². The molecule has 0 fully saturated rings. The number of methoxy groups -OCH3 is 1. The van der Waals surface area contributed by atoms with E-state index in [1.807, 2.05) is 38.4 Å². The van der Waals surface area contributed by atoms with Crippen molar-refractivity contribution in [2.24, 2.45) is 7.05 Å². The Morgan fingerprint density at radius 2 is 2.25 bits per heavy atom. The Morgan fingerprint density at radius 3 is 2.80 bits per heavy atom. The molecule has 1 atom stereocenters. The lowest BCUT2D eigenvalue weighted by Gasteiger charge is -2.13. The number of aromatic nitrogens is 2. The second kappa shape index (κ2) is 5.77. The van der Waals surface area contributed by atoms with Crippen molar-refractivity contribution in [1.29, 1.82) is 0 Å². The van der Waals surface area contributed by atoms with Gasteiger partial charge in [-0.2, -0.15) is 5.10 Å². The van der Waals surface area contributed by atoms with E-state index in [0.717, 1.165) is 22.4 Å². The number of carbonyl (C=O) groups is 1. The Kier molecular flexibility index (Phi) is 4.08. The van der Waals surface area contributed by atoms with Gasteiger partial charge in [-0.25, -0.2) is 0 Å². The van der Waals surface area contributed by atoms with Crippen LogP contribution in [-0.4, -0.2) is 28.0 Å². The first-order valence-electron chi connectivity index (χ1n) is 6.40. The molecule has 1 aromatic heterocycles. The van der Waals surface area contributed by atoms with Crippen molar-refractivity contribution in [3.63, 3.8) is 0 Å². The maximum atomic E-state index is 10.8. The molecule has 0 bridgehead atoms. The van der Waals surface area contributed by atoms with Gasteiger partial charge in [0.1, 0.15) is 5.75 Å². The average molecular weight is 274 g/mol. The molecule has 2 rings (SSSR count). The maximum absolute atomic E-state index is 10.8. The van der Waals surface area contributed by atoms with Gasteiger partial charge in [0.15, 0.2) is 0 Å². The lowest BCUT2D eigenvalue weighted by atomic mass is 9.94. The molecule has 0 saturated heterocycles. The molecular formula is C15H18N2O3. The van der Waals surface area contributed by atoms with E-state index in [1.54, 1.807) is 18.0 Å². The van der Waals surface area contributed by atoms with Gasteiger partial charge in [-0.3, -0.25) is 9.48 Å². The first-order valence-corrected chi connectivity index (χ1v) is 6.40. The van der Waals surface area contributed by atoms with Crippen molar-refractivity contribution >= 4 is 5.97 Å². The molecule has 20 heavy (non-hydrogen) atoms. The van der Waals surface area contributed by atoms with Gasteiger partial charge < -0.3 is 9.84 Å². The summed E-state index contributed by atoms with van der Waals surface area (Å²) in [6.45, 7) is 1.91. The highest BCUT2D eigenvalue weighted by molar-refractivity contribution is 5.71. The van der Waals surface area contributed by atoms with E-state index in [0.29, 0.717) is 0 Å². The zero-order chi connectivity index (χ0) is 14.7. The molecule has 0 saturated carbocycles. The number of carboxylic acid groups (broad SMARTS) is 1. The standard InChI is InChI=1S/C15H18N2O3/c1-10(6-15(18)19)11-4-5-14(20-3)13(7-11)12-8-16-17(2)9-12/h4-5,7-10H,6H2,1-3H3,(H,18,19). The fourth-order valence-electron chi connectivity index (χ4n) is 2.20. The summed E-state index contributed by atoms with van der Waals surface area (Å²) in [4.78, 5) is 10.8. The molecule has 0 spiro atoms. The number of benzene rings is 1. The number of hydrogen-bond donors (Lipinski definition) is 1. The number of aryl methyl sites for hydroxylation is 1. The second-order valence-corrected chi connectivity index (χ2v) is 4.86. The van der Waals surface area contributed by atoms with Crippen LogP contribution in [0.1, 0.15) is 24.8 Å². The third-order valence-electron chi connectivity index (χ3n) is 3.29. The molecule has 1 heterocycles. The van der Waals surface area contributed by atoms with Crippen molar-refractivity contribution in [1.82, 2.24) is 9.78 Å². The largest absolute Gasteiger partial charge is 0.496 e. The van der Waals surface area contributed by atoms with Gasteiger partial charge >= 0.3 is 5.97 Å². The maximum Gasteiger partial charge on any atom is 0.303 e. The van der Waals surface area contributed by atoms with Crippen LogP contribution in [0.4, 0.5) is 0 Å². The normalized spacial score (nSPS) is 12.2. The zero-order valence-electron chi connectivity index (χ0n) is 11.8.